The van der Waals surface area contributed by atoms with E-state index < -0.39 is 0 Å². The Bertz CT molecular complexity index is 286. The van der Waals surface area contributed by atoms with Gasteiger partial charge in [0, 0.05) is 31.2 Å². The normalized spacial score (nSPS) is 29.1. The molecule has 0 amide bonds. The zero-order chi connectivity index (χ0) is 13.9. The van der Waals surface area contributed by atoms with Crippen LogP contribution in [0.3, 0.4) is 0 Å². The molecule has 2 aliphatic rings. The van der Waals surface area contributed by atoms with Crippen LogP contribution in [0.4, 0.5) is 0 Å². The van der Waals surface area contributed by atoms with E-state index in [1.54, 1.807) is 0 Å². The van der Waals surface area contributed by atoms with E-state index in [1.807, 2.05) is 0 Å². The molecular formula is C16H31NO2. The van der Waals surface area contributed by atoms with E-state index in [1.165, 1.54) is 25.7 Å². The van der Waals surface area contributed by atoms with E-state index in [2.05, 4.69) is 26.1 Å². The summed E-state index contributed by atoms with van der Waals surface area (Å²) in [5.74, 6) is 0. The number of nitrogens with one attached hydrogen (secondary N) is 1. The third kappa shape index (κ3) is 3.14. The summed E-state index contributed by atoms with van der Waals surface area (Å²) in [6.45, 7) is 8.90. The number of hydrogen-bond acceptors (Lipinski definition) is 3. The van der Waals surface area contributed by atoms with Crippen LogP contribution in [0.25, 0.3) is 0 Å². The maximum absolute atomic E-state index is 8.95. The average Bonchev–Trinajstić information content (AvgIpc) is 2.28. The number of hydrogen-bond donors (Lipinski definition) is 2. The molecule has 0 saturated heterocycles. The van der Waals surface area contributed by atoms with Gasteiger partial charge in [0.2, 0.25) is 0 Å². The lowest BCUT2D eigenvalue weighted by Gasteiger charge is -2.61. The molecule has 0 aromatic carbocycles. The fraction of sp³-hybridized carbons (Fsp3) is 1.00. The summed E-state index contributed by atoms with van der Waals surface area (Å²) in [5, 5.41) is 12.7. The second-order valence-electron chi connectivity index (χ2n) is 7.19. The van der Waals surface area contributed by atoms with Crippen molar-refractivity contribution >= 4 is 0 Å². The highest BCUT2D eigenvalue weighted by atomic mass is 16.5. The quantitative estimate of drug-likeness (QED) is 0.712. The number of rotatable bonds is 8. The second kappa shape index (κ2) is 6.11. The molecule has 2 N–H and O–H groups in total. The molecule has 2 aliphatic carbocycles. The van der Waals surface area contributed by atoms with Crippen LogP contribution in [0.2, 0.25) is 0 Å². The number of aliphatic hydroxyl groups excluding tert-OH is 1. The van der Waals surface area contributed by atoms with Crippen molar-refractivity contribution in [2.24, 2.45) is 10.8 Å². The fourth-order valence-corrected chi connectivity index (χ4v) is 3.77. The first kappa shape index (κ1) is 15.3. The molecule has 3 nitrogen and oxygen atoms in total. The predicted molar refractivity (Wildman–Crippen MR) is 78.2 cm³/mol. The molecule has 3 heteroatoms. The monoisotopic (exact) mass is 269 g/mol. The highest BCUT2D eigenvalue weighted by Crippen LogP contribution is 2.57. The SMILES string of the molecule is CCOC1CC(NCC(C)(C)CCCO)C12CCC2. The smallest absolute Gasteiger partial charge is 0.0661 e. The Morgan fingerprint density at radius 3 is 2.63 bits per heavy atom. The highest BCUT2D eigenvalue weighted by molar-refractivity contribution is 5.12. The van der Waals surface area contributed by atoms with Crippen molar-refractivity contribution in [3.63, 3.8) is 0 Å². The van der Waals surface area contributed by atoms with Gasteiger partial charge >= 0.3 is 0 Å². The molecule has 1 spiro atoms. The highest BCUT2D eigenvalue weighted by Gasteiger charge is 2.58. The maximum atomic E-state index is 8.95. The zero-order valence-corrected chi connectivity index (χ0v) is 12.9. The third-order valence-corrected chi connectivity index (χ3v) is 5.28. The minimum absolute atomic E-state index is 0.282. The van der Waals surface area contributed by atoms with Gasteiger partial charge in [-0.1, -0.05) is 20.3 Å². The van der Waals surface area contributed by atoms with Crippen LogP contribution in [0.5, 0.6) is 0 Å². The molecule has 2 fully saturated rings. The van der Waals surface area contributed by atoms with Crippen LogP contribution in [-0.4, -0.2) is 37.0 Å². The van der Waals surface area contributed by atoms with Crippen molar-refractivity contribution in [1.82, 2.24) is 5.32 Å². The molecule has 2 rings (SSSR count). The van der Waals surface area contributed by atoms with Crippen LogP contribution in [0, 0.1) is 10.8 Å². The predicted octanol–water partition coefficient (Wildman–Crippen LogP) is 2.72. The lowest BCUT2D eigenvalue weighted by atomic mass is 9.51. The number of ether oxygens (including phenoxy) is 1. The Balaban J connectivity index is 1.78. The van der Waals surface area contributed by atoms with E-state index in [-0.39, 0.29) is 5.41 Å². The molecule has 2 unspecified atom stereocenters. The van der Waals surface area contributed by atoms with Gasteiger partial charge in [0.05, 0.1) is 6.10 Å². The topological polar surface area (TPSA) is 41.5 Å². The van der Waals surface area contributed by atoms with Gasteiger partial charge in [-0.05, 0) is 44.4 Å². The minimum Gasteiger partial charge on any atom is -0.396 e. The molecule has 0 radical (unpaired) electrons. The molecular weight excluding hydrogens is 238 g/mol. The lowest BCUT2D eigenvalue weighted by molar-refractivity contribution is -0.173. The number of aliphatic hydroxyl groups is 1. The Hall–Kier alpha value is -0.120. The van der Waals surface area contributed by atoms with Gasteiger partial charge in [-0.2, -0.15) is 0 Å². The molecule has 0 heterocycles. The Labute approximate surface area is 118 Å². The molecule has 19 heavy (non-hydrogen) atoms. The van der Waals surface area contributed by atoms with E-state index in [0.717, 1.165) is 26.0 Å². The maximum Gasteiger partial charge on any atom is 0.0661 e. The van der Waals surface area contributed by atoms with Gasteiger partial charge in [-0.15, -0.1) is 0 Å². The fourth-order valence-electron chi connectivity index (χ4n) is 3.77. The molecule has 0 bridgehead atoms. The van der Waals surface area contributed by atoms with Crippen molar-refractivity contribution in [2.75, 3.05) is 19.8 Å². The summed E-state index contributed by atoms with van der Waals surface area (Å²) < 4.78 is 5.89. The lowest BCUT2D eigenvalue weighted by Crippen LogP contribution is -2.67. The molecule has 0 aromatic heterocycles. The third-order valence-electron chi connectivity index (χ3n) is 5.28. The summed E-state index contributed by atoms with van der Waals surface area (Å²) in [5.41, 5.74) is 0.743. The summed E-state index contributed by atoms with van der Waals surface area (Å²) >= 11 is 0. The summed E-state index contributed by atoms with van der Waals surface area (Å²) in [6, 6.07) is 0.659. The average molecular weight is 269 g/mol. The van der Waals surface area contributed by atoms with Gasteiger partial charge in [0.15, 0.2) is 0 Å². The van der Waals surface area contributed by atoms with Crippen LogP contribution < -0.4 is 5.32 Å². The van der Waals surface area contributed by atoms with Crippen molar-refractivity contribution in [2.45, 2.75) is 71.4 Å². The van der Waals surface area contributed by atoms with Crippen LogP contribution in [0.15, 0.2) is 0 Å². The first-order valence-electron chi connectivity index (χ1n) is 8.00. The summed E-state index contributed by atoms with van der Waals surface area (Å²) in [7, 11) is 0. The van der Waals surface area contributed by atoms with Crippen LogP contribution in [0.1, 0.15) is 59.3 Å². The molecule has 0 aromatic rings. The van der Waals surface area contributed by atoms with E-state index in [9.17, 15) is 0 Å². The van der Waals surface area contributed by atoms with Gasteiger partial charge in [0.1, 0.15) is 0 Å². The summed E-state index contributed by atoms with van der Waals surface area (Å²) in [6.07, 6.45) is 7.74. The van der Waals surface area contributed by atoms with Crippen molar-refractivity contribution in [3.05, 3.63) is 0 Å². The second-order valence-corrected chi connectivity index (χ2v) is 7.19. The van der Waals surface area contributed by atoms with Crippen molar-refractivity contribution in [1.29, 1.82) is 0 Å². The van der Waals surface area contributed by atoms with E-state index in [4.69, 9.17) is 9.84 Å². The Kier molecular flexibility index (Phi) is 4.91. The van der Waals surface area contributed by atoms with Gasteiger partial charge in [-0.25, -0.2) is 0 Å². The van der Waals surface area contributed by atoms with Gasteiger partial charge < -0.3 is 15.2 Å². The summed E-state index contributed by atoms with van der Waals surface area (Å²) in [4.78, 5) is 0. The Morgan fingerprint density at radius 1 is 1.37 bits per heavy atom. The van der Waals surface area contributed by atoms with Gasteiger partial charge in [0.25, 0.3) is 0 Å². The van der Waals surface area contributed by atoms with Crippen LogP contribution in [-0.2, 0) is 4.74 Å². The van der Waals surface area contributed by atoms with Crippen LogP contribution >= 0.6 is 0 Å². The van der Waals surface area contributed by atoms with Gasteiger partial charge in [-0.3, -0.25) is 0 Å². The minimum atomic E-state index is 0.282. The van der Waals surface area contributed by atoms with E-state index >= 15 is 0 Å². The molecule has 0 aliphatic heterocycles. The first-order valence-corrected chi connectivity index (χ1v) is 8.00. The van der Waals surface area contributed by atoms with Crippen molar-refractivity contribution < 1.29 is 9.84 Å². The largest absolute Gasteiger partial charge is 0.396 e. The van der Waals surface area contributed by atoms with E-state index in [0.29, 0.717) is 24.2 Å². The molecule has 2 atom stereocenters. The molecule has 2 saturated carbocycles. The molecule has 112 valence electrons. The van der Waals surface area contributed by atoms with Crippen molar-refractivity contribution in [3.8, 4) is 0 Å². The standard InChI is InChI=1S/C16H31NO2/c1-4-19-14-11-13(16(14)8-5-9-16)17-12-15(2,3)7-6-10-18/h13-14,17-18H,4-12H2,1-3H3. The first-order chi connectivity index (χ1) is 9.04. The Morgan fingerprint density at radius 2 is 2.11 bits per heavy atom. The zero-order valence-electron chi connectivity index (χ0n) is 12.9.